The van der Waals surface area contributed by atoms with E-state index in [1.165, 1.54) is 0 Å². The molecule has 96 valence electrons. The van der Waals surface area contributed by atoms with Gasteiger partial charge in [0.25, 0.3) is 0 Å². The fourth-order valence-corrected chi connectivity index (χ4v) is 2.06. The summed E-state index contributed by atoms with van der Waals surface area (Å²) in [7, 11) is 0. The number of fused-ring (bicyclic) bond motifs is 1. The number of nitrogens with one attached hydrogen (secondary N) is 1. The van der Waals surface area contributed by atoms with E-state index in [-0.39, 0.29) is 12.4 Å². The Morgan fingerprint density at radius 2 is 2.11 bits per heavy atom. The fourth-order valence-electron chi connectivity index (χ4n) is 2.06. The van der Waals surface area contributed by atoms with Crippen molar-refractivity contribution in [1.29, 1.82) is 0 Å². The number of aliphatic imine (C=N–C) groups is 1. The van der Waals surface area contributed by atoms with Crippen LogP contribution in [0.15, 0.2) is 41.9 Å². The first kappa shape index (κ1) is 12.8. The van der Waals surface area contributed by atoms with Crippen LogP contribution in [0.1, 0.15) is 0 Å². The number of hydrogen-bond acceptors (Lipinski definition) is 4. The maximum absolute atomic E-state index is 6.02. The van der Waals surface area contributed by atoms with Gasteiger partial charge in [-0.25, -0.2) is 0 Å². The van der Waals surface area contributed by atoms with Crippen LogP contribution in [0.2, 0.25) is 0 Å². The minimum absolute atomic E-state index is 0. The van der Waals surface area contributed by atoms with Crippen LogP contribution in [0.4, 0.5) is 0 Å². The molecule has 0 fully saturated rings. The maximum atomic E-state index is 6.02. The van der Waals surface area contributed by atoms with Gasteiger partial charge in [-0.3, -0.25) is 4.99 Å². The van der Waals surface area contributed by atoms with Crippen LogP contribution in [0.25, 0.3) is 0 Å². The smallest absolute Gasteiger partial charge is 0.217 e. The molecule has 0 spiro atoms. The van der Waals surface area contributed by atoms with Crippen LogP contribution in [0.3, 0.4) is 0 Å². The lowest BCUT2D eigenvalue weighted by molar-refractivity contribution is 0.0793. The molecule has 0 saturated carbocycles. The maximum Gasteiger partial charge on any atom is 0.217 e. The molecule has 5 heteroatoms. The normalized spacial score (nSPS) is 24.6. The monoisotopic (exact) mass is 266 g/mol. The van der Waals surface area contributed by atoms with Gasteiger partial charge in [0.15, 0.2) is 11.5 Å². The molecular weight excluding hydrogens is 252 g/mol. The predicted molar refractivity (Wildman–Crippen MR) is 73.0 cm³/mol. The Hall–Kier alpha value is -1.68. The average Bonchev–Trinajstić information content (AvgIpc) is 2.92. The molecule has 1 unspecified atom stereocenters. The molecule has 0 radical (unpaired) electrons. The van der Waals surface area contributed by atoms with Gasteiger partial charge >= 0.3 is 0 Å². The SMILES string of the molecule is C=CC1(C2=NCCN2)COc2ccccc2O1.Cl. The highest BCUT2D eigenvalue weighted by molar-refractivity contribution is 5.94. The van der Waals surface area contributed by atoms with E-state index < -0.39 is 5.60 Å². The van der Waals surface area contributed by atoms with Crippen LogP contribution in [-0.2, 0) is 0 Å². The molecule has 4 nitrogen and oxygen atoms in total. The van der Waals surface area contributed by atoms with Crippen LogP contribution in [0, 0.1) is 0 Å². The van der Waals surface area contributed by atoms with Gasteiger partial charge in [-0.15, -0.1) is 12.4 Å². The molecule has 0 aliphatic carbocycles. The fraction of sp³-hybridized carbons (Fsp3) is 0.308. The number of rotatable bonds is 2. The van der Waals surface area contributed by atoms with Crippen LogP contribution < -0.4 is 14.8 Å². The summed E-state index contributed by atoms with van der Waals surface area (Å²) in [5.74, 6) is 2.31. The van der Waals surface area contributed by atoms with E-state index in [0.717, 1.165) is 30.4 Å². The summed E-state index contributed by atoms with van der Waals surface area (Å²) in [6.45, 7) is 5.87. The third-order valence-electron chi connectivity index (χ3n) is 2.99. The minimum Gasteiger partial charge on any atom is -0.485 e. The molecule has 1 atom stereocenters. The van der Waals surface area contributed by atoms with Gasteiger partial charge in [-0.2, -0.15) is 0 Å². The molecule has 0 saturated heterocycles. The zero-order valence-corrected chi connectivity index (χ0v) is 10.7. The largest absolute Gasteiger partial charge is 0.485 e. The molecule has 2 aliphatic heterocycles. The molecule has 0 amide bonds. The number of nitrogens with zero attached hydrogens (tertiary/aromatic N) is 1. The van der Waals surface area contributed by atoms with Gasteiger partial charge in [0.2, 0.25) is 5.60 Å². The van der Waals surface area contributed by atoms with Crippen molar-refractivity contribution in [3.8, 4) is 11.5 Å². The second-order valence-corrected chi connectivity index (χ2v) is 4.09. The number of para-hydroxylation sites is 2. The van der Waals surface area contributed by atoms with E-state index in [1.54, 1.807) is 6.08 Å². The summed E-state index contributed by atoms with van der Waals surface area (Å²) in [5.41, 5.74) is -0.676. The lowest BCUT2D eigenvalue weighted by Crippen LogP contribution is -2.54. The Bertz CT molecular complexity index is 490. The lowest BCUT2D eigenvalue weighted by atomic mass is 10.0. The molecule has 1 aromatic rings. The summed E-state index contributed by atoms with van der Waals surface area (Å²) in [6.07, 6.45) is 1.75. The molecular formula is C13H15ClN2O2. The Kier molecular flexibility index (Phi) is 3.48. The van der Waals surface area contributed by atoms with Crippen molar-refractivity contribution in [3.63, 3.8) is 0 Å². The lowest BCUT2D eigenvalue weighted by Gasteiger charge is -2.35. The summed E-state index contributed by atoms with van der Waals surface area (Å²) in [5, 5.41) is 3.22. The summed E-state index contributed by atoms with van der Waals surface area (Å²) >= 11 is 0. The van der Waals surface area contributed by atoms with Crippen molar-refractivity contribution < 1.29 is 9.47 Å². The third kappa shape index (κ3) is 1.93. The number of hydrogen-bond donors (Lipinski definition) is 1. The number of ether oxygens (including phenoxy) is 2. The van der Waals surface area contributed by atoms with Gasteiger partial charge in [0.05, 0.1) is 6.54 Å². The van der Waals surface area contributed by atoms with E-state index in [0.29, 0.717) is 6.61 Å². The van der Waals surface area contributed by atoms with Crippen molar-refractivity contribution >= 4 is 18.2 Å². The van der Waals surface area contributed by atoms with Crippen molar-refractivity contribution in [1.82, 2.24) is 5.32 Å². The Morgan fingerprint density at radius 3 is 2.78 bits per heavy atom. The second kappa shape index (κ2) is 4.90. The van der Waals surface area contributed by atoms with Crippen LogP contribution in [-0.4, -0.2) is 31.1 Å². The van der Waals surface area contributed by atoms with E-state index in [4.69, 9.17) is 9.47 Å². The Balaban J connectivity index is 0.00000120. The average molecular weight is 267 g/mol. The first-order chi connectivity index (χ1) is 8.34. The zero-order valence-electron chi connectivity index (χ0n) is 9.89. The van der Waals surface area contributed by atoms with Crippen molar-refractivity contribution in [2.75, 3.05) is 19.7 Å². The van der Waals surface area contributed by atoms with E-state index in [2.05, 4.69) is 16.9 Å². The van der Waals surface area contributed by atoms with Gasteiger partial charge in [-0.05, 0) is 18.2 Å². The molecule has 3 rings (SSSR count). The van der Waals surface area contributed by atoms with Gasteiger partial charge in [-0.1, -0.05) is 18.7 Å². The molecule has 0 aromatic heterocycles. The summed E-state index contributed by atoms with van der Waals surface area (Å²) in [4.78, 5) is 4.40. The van der Waals surface area contributed by atoms with E-state index in [9.17, 15) is 0 Å². The zero-order chi connectivity index (χ0) is 11.7. The topological polar surface area (TPSA) is 42.9 Å². The first-order valence-electron chi connectivity index (χ1n) is 5.67. The van der Waals surface area contributed by atoms with Gasteiger partial charge < -0.3 is 14.8 Å². The molecule has 18 heavy (non-hydrogen) atoms. The van der Waals surface area contributed by atoms with E-state index >= 15 is 0 Å². The standard InChI is InChI=1S/C13H14N2O2.ClH/c1-2-13(12-14-7-8-15-12)9-16-10-5-3-4-6-11(10)17-13;/h2-6H,1,7-9H2,(H,14,15);1H. The molecule has 2 heterocycles. The highest BCUT2D eigenvalue weighted by atomic mass is 35.5. The molecule has 0 bridgehead atoms. The van der Waals surface area contributed by atoms with Crippen molar-refractivity contribution in [3.05, 3.63) is 36.9 Å². The second-order valence-electron chi connectivity index (χ2n) is 4.09. The van der Waals surface area contributed by atoms with Crippen LogP contribution in [0.5, 0.6) is 11.5 Å². The predicted octanol–water partition coefficient (Wildman–Crippen LogP) is 1.81. The summed E-state index contributed by atoms with van der Waals surface area (Å²) in [6, 6.07) is 7.63. The van der Waals surface area contributed by atoms with Crippen molar-refractivity contribution in [2.45, 2.75) is 5.60 Å². The third-order valence-corrected chi connectivity index (χ3v) is 2.99. The Labute approximate surface area is 112 Å². The summed E-state index contributed by atoms with van der Waals surface area (Å²) < 4.78 is 11.7. The number of halogens is 1. The Morgan fingerprint density at radius 1 is 1.33 bits per heavy atom. The highest BCUT2D eigenvalue weighted by Crippen LogP contribution is 2.35. The molecule has 1 aromatic carbocycles. The van der Waals surface area contributed by atoms with Gasteiger partial charge in [0.1, 0.15) is 12.4 Å². The van der Waals surface area contributed by atoms with Gasteiger partial charge in [0, 0.05) is 6.54 Å². The quantitative estimate of drug-likeness (QED) is 0.830. The first-order valence-corrected chi connectivity index (χ1v) is 5.67. The van der Waals surface area contributed by atoms with Crippen LogP contribution >= 0.6 is 12.4 Å². The highest BCUT2D eigenvalue weighted by Gasteiger charge is 2.41. The number of benzene rings is 1. The minimum atomic E-state index is -0.676. The molecule has 1 N–H and O–H groups in total. The van der Waals surface area contributed by atoms with Crippen molar-refractivity contribution in [2.24, 2.45) is 4.99 Å². The number of amidine groups is 1. The van der Waals surface area contributed by atoms with E-state index in [1.807, 2.05) is 24.3 Å². The molecule has 2 aliphatic rings.